The number of ether oxygens (including phenoxy) is 1. The van der Waals surface area contributed by atoms with Crippen LogP contribution in [0.15, 0.2) is 48.5 Å². The first-order valence-electron chi connectivity index (χ1n) is 9.84. The fourth-order valence-corrected chi connectivity index (χ4v) is 3.66. The molecule has 0 unspecified atom stereocenters. The van der Waals surface area contributed by atoms with Crippen LogP contribution in [0.1, 0.15) is 41.4 Å². The summed E-state index contributed by atoms with van der Waals surface area (Å²) in [5.74, 6) is -2.01. The van der Waals surface area contributed by atoms with Crippen LogP contribution in [0.25, 0.3) is 11.1 Å². The maximum absolute atomic E-state index is 13.0. The SMILES string of the molecule is NCCOC(=O)c1ccc(-c2ccc(Cl)cc2Cl)cc1NC(=O)c1cc(O)c(C=O)cc1C=O. The van der Waals surface area contributed by atoms with Gasteiger partial charge in [-0.2, -0.15) is 0 Å². The quantitative estimate of drug-likeness (QED) is 0.308. The number of anilines is 1. The molecule has 0 aliphatic carbocycles. The lowest BCUT2D eigenvalue weighted by molar-refractivity contribution is 0.0518. The van der Waals surface area contributed by atoms with Crippen molar-refractivity contribution in [2.45, 2.75) is 0 Å². The Kier molecular flexibility index (Phi) is 8.01. The molecule has 34 heavy (non-hydrogen) atoms. The summed E-state index contributed by atoms with van der Waals surface area (Å²) in [5, 5.41) is 13.3. The Balaban J connectivity index is 2.07. The number of nitrogens with one attached hydrogen (secondary N) is 1. The van der Waals surface area contributed by atoms with Gasteiger partial charge in [0.2, 0.25) is 0 Å². The molecule has 8 nitrogen and oxygen atoms in total. The van der Waals surface area contributed by atoms with Crippen molar-refractivity contribution in [2.75, 3.05) is 18.5 Å². The minimum atomic E-state index is -0.804. The molecule has 0 atom stereocenters. The standard InChI is InChI=1S/C24H18Cl2N2O6/c25-16-2-4-17(20(26)9-16)13-1-3-18(24(33)34-6-5-27)21(8-13)28-23(32)19-10-22(31)15(12-30)7-14(19)11-29/h1-4,7-12,31H,5-6,27H2,(H,28,32). The number of nitrogens with two attached hydrogens (primary N) is 1. The molecule has 3 aromatic carbocycles. The number of carbonyl (C=O) groups is 4. The summed E-state index contributed by atoms with van der Waals surface area (Å²) in [7, 11) is 0. The Hall–Kier alpha value is -3.72. The molecule has 0 aromatic heterocycles. The third-order valence-corrected chi connectivity index (χ3v) is 5.33. The number of esters is 1. The zero-order valence-electron chi connectivity index (χ0n) is 17.5. The van der Waals surface area contributed by atoms with Crippen molar-refractivity contribution >= 4 is 53.3 Å². The first-order chi connectivity index (χ1) is 16.3. The molecule has 0 bridgehead atoms. The molecule has 0 heterocycles. The summed E-state index contributed by atoms with van der Waals surface area (Å²) >= 11 is 12.3. The zero-order valence-corrected chi connectivity index (χ0v) is 19.0. The lowest BCUT2D eigenvalue weighted by atomic mass is 10.0. The van der Waals surface area contributed by atoms with Crippen LogP contribution in [0.3, 0.4) is 0 Å². The molecule has 0 radical (unpaired) electrons. The van der Waals surface area contributed by atoms with E-state index in [0.717, 1.165) is 12.1 Å². The number of aromatic hydroxyl groups is 1. The highest BCUT2D eigenvalue weighted by Gasteiger charge is 2.20. The molecule has 4 N–H and O–H groups in total. The van der Waals surface area contributed by atoms with Gasteiger partial charge in [0.05, 0.1) is 22.4 Å². The van der Waals surface area contributed by atoms with Crippen LogP contribution in [0, 0.1) is 0 Å². The van der Waals surface area contributed by atoms with E-state index in [-0.39, 0.29) is 41.1 Å². The van der Waals surface area contributed by atoms with Gasteiger partial charge in [0.1, 0.15) is 12.4 Å². The van der Waals surface area contributed by atoms with Crippen LogP contribution >= 0.6 is 23.2 Å². The number of carbonyl (C=O) groups excluding carboxylic acids is 4. The molecule has 10 heteroatoms. The van der Waals surface area contributed by atoms with E-state index >= 15 is 0 Å². The molecule has 3 aromatic rings. The normalized spacial score (nSPS) is 10.4. The monoisotopic (exact) mass is 500 g/mol. The summed E-state index contributed by atoms with van der Waals surface area (Å²) in [6.07, 6.45) is 0.733. The molecule has 0 saturated heterocycles. The highest BCUT2D eigenvalue weighted by Crippen LogP contribution is 2.33. The average Bonchev–Trinajstić information content (AvgIpc) is 2.82. The Morgan fingerprint density at radius 3 is 2.35 bits per heavy atom. The molecule has 174 valence electrons. The summed E-state index contributed by atoms with van der Waals surface area (Å²) in [4.78, 5) is 48.1. The molecule has 0 aliphatic rings. The highest BCUT2D eigenvalue weighted by atomic mass is 35.5. The topological polar surface area (TPSA) is 136 Å². The van der Waals surface area contributed by atoms with E-state index in [9.17, 15) is 24.3 Å². The van der Waals surface area contributed by atoms with E-state index in [4.69, 9.17) is 33.7 Å². The fraction of sp³-hybridized carbons (Fsp3) is 0.0833. The van der Waals surface area contributed by atoms with Gasteiger partial charge < -0.3 is 20.9 Å². The van der Waals surface area contributed by atoms with Crippen molar-refractivity contribution in [3.05, 3.63) is 80.8 Å². The van der Waals surface area contributed by atoms with Gasteiger partial charge in [-0.3, -0.25) is 14.4 Å². The van der Waals surface area contributed by atoms with Crippen molar-refractivity contribution in [3.8, 4) is 16.9 Å². The smallest absolute Gasteiger partial charge is 0.340 e. The van der Waals surface area contributed by atoms with Crippen LogP contribution in [0.2, 0.25) is 10.0 Å². The van der Waals surface area contributed by atoms with Crippen LogP contribution in [-0.4, -0.2) is 42.7 Å². The summed E-state index contributed by atoms with van der Waals surface area (Å²) in [6.45, 7) is 0.0737. The number of rotatable bonds is 8. The van der Waals surface area contributed by atoms with Gasteiger partial charge in [-0.1, -0.05) is 35.3 Å². The largest absolute Gasteiger partial charge is 0.507 e. The number of hydrogen-bond donors (Lipinski definition) is 3. The Labute approximate surface area is 204 Å². The molecule has 3 rings (SSSR count). The number of aldehydes is 2. The number of phenolic OH excluding ortho intramolecular Hbond substituents is 1. The Morgan fingerprint density at radius 1 is 0.971 bits per heavy atom. The molecule has 0 fully saturated rings. The number of phenols is 1. The molecular weight excluding hydrogens is 483 g/mol. The summed E-state index contributed by atoms with van der Waals surface area (Å²) < 4.78 is 5.09. The van der Waals surface area contributed by atoms with Gasteiger partial charge in [-0.15, -0.1) is 0 Å². The van der Waals surface area contributed by atoms with Crippen molar-refractivity contribution in [1.82, 2.24) is 0 Å². The highest BCUT2D eigenvalue weighted by molar-refractivity contribution is 6.36. The van der Waals surface area contributed by atoms with Crippen molar-refractivity contribution in [2.24, 2.45) is 5.73 Å². The molecule has 0 aliphatic heterocycles. The van der Waals surface area contributed by atoms with E-state index in [2.05, 4.69) is 5.32 Å². The van der Waals surface area contributed by atoms with E-state index in [1.807, 2.05) is 0 Å². The number of amides is 1. The van der Waals surface area contributed by atoms with Crippen LogP contribution < -0.4 is 11.1 Å². The molecule has 1 amide bonds. The third-order valence-electron chi connectivity index (χ3n) is 4.78. The molecule has 0 saturated carbocycles. The van der Waals surface area contributed by atoms with Crippen LogP contribution in [-0.2, 0) is 4.74 Å². The lowest BCUT2D eigenvalue weighted by Crippen LogP contribution is -2.19. The van der Waals surface area contributed by atoms with Gasteiger partial charge >= 0.3 is 5.97 Å². The minimum absolute atomic E-state index is 0.0250. The van der Waals surface area contributed by atoms with Gasteiger partial charge in [0.25, 0.3) is 5.91 Å². The number of hydrogen-bond acceptors (Lipinski definition) is 7. The van der Waals surface area contributed by atoms with Gasteiger partial charge in [0.15, 0.2) is 12.6 Å². The summed E-state index contributed by atoms with van der Waals surface area (Å²) in [6, 6.07) is 11.5. The predicted octanol–water partition coefficient (Wildman–Crippen LogP) is 4.36. The molecular formula is C24H18Cl2N2O6. The van der Waals surface area contributed by atoms with Gasteiger partial charge in [-0.25, -0.2) is 4.79 Å². The maximum atomic E-state index is 13.0. The second-order valence-corrected chi connectivity index (χ2v) is 7.84. The second kappa shape index (κ2) is 10.9. The molecule has 0 spiro atoms. The van der Waals surface area contributed by atoms with E-state index in [0.29, 0.717) is 33.7 Å². The Bertz CT molecular complexity index is 1290. The average molecular weight is 501 g/mol. The first kappa shape index (κ1) is 24.9. The predicted molar refractivity (Wildman–Crippen MR) is 128 cm³/mol. The van der Waals surface area contributed by atoms with E-state index in [1.165, 1.54) is 12.1 Å². The van der Waals surface area contributed by atoms with Gasteiger partial charge in [-0.05, 0) is 42.0 Å². The summed E-state index contributed by atoms with van der Waals surface area (Å²) in [5.41, 5.74) is 6.15. The fourth-order valence-electron chi connectivity index (χ4n) is 3.15. The number of halogens is 2. The van der Waals surface area contributed by atoms with E-state index in [1.54, 1.807) is 24.3 Å². The Morgan fingerprint density at radius 2 is 1.71 bits per heavy atom. The van der Waals surface area contributed by atoms with Gasteiger partial charge in [0, 0.05) is 27.7 Å². The zero-order chi connectivity index (χ0) is 24.8. The van der Waals surface area contributed by atoms with E-state index < -0.39 is 17.6 Å². The third kappa shape index (κ3) is 5.43. The second-order valence-electron chi connectivity index (χ2n) is 7.00. The van der Waals surface area contributed by atoms with Crippen LogP contribution in [0.4, 0.5) is 5.69 Å². The first-order valence-corrected chi connectivity index (χ1v) is 10.6. The lowest BCUT2D eigenvalue weighted by Gasteiger charge is -2.15. The van der Waals surface area contributed by atoms with Crippen molar-refractivity contribution < 1.29 is 29.0 Å². The van der Waals surface area contributed by atoms with Crippen LogP contribution in [0.5, 0.6) is 5.75 Å². The maximum Gasteiger partial charge on any atom is 0.340 e. The number of benzene rings is 3. The van der Waals surface area contributed by atoms with Crippen molar-refractivity contribution in [1.29, 1.82) is 0 Å². The minimum Gasteiger partial charge on any atom is -0.507 e. The van der Waals surface area contributed by atoms with Crippen molar-refractivity contribution in [3.63, 3.8) is 0 Å².